The molecule has 5 N–H and O–H groups in total. The molecule has 0 aliphatic carbocycles. The Kier molecular flexibility index (Phi) is 9.07. The highest BCUT2D eigenvalue weighted by Gasteiger charge is 2.26. The minimum Gasteiger partial charge on any atom is -0.370 e. The largest absolute Gasteiger partial charge is 0.408 e. The topological polar surface area (TPSA) is 124 Å². The highest BCUT2D eigenvalue weighted by atomic mass is 32.2. The van der Waals surface area contributed by atoms with Crippen molar-refractivity contribution in [1.29, 1.82) is 5.26 Å². The summed E-state index contributed by atoms with van der Waals surface area (Å²) in [5, 5.41) is 16.4. The summed E-state index contributed by atoms with van der Waals surface area (Å²) in [7, 11) is 1.56. The van der Waals surface area contributed by atoms with E-state index in [1.165, 1.54) is 0 Å². The number of thioether (sulfide) groups is 1. The summed E-state index contributed by atoms with van der Waals surface area (Å²) in [6, 6.07) is 5.10. The number of nitrogens with two attached hydrogens (primary N) is 1. The van der Waals surface area contributed by atoms with E-state index in [0.717, 1.165) is 11.4 Å². The van der Waals surface area contributed by atoms with Gasteiger partial charge in [0.05, 0.1) is 5.69 Å². The van der Waals surface area contributed by atoms with Gasteiger partial charge in [-0.2, -0.15) is 30.2 Å². The summed E-state index contributed by atoms with van der Waals surface area (Å²) in [6.07, 6.45) is -2.63. The van der Waals surface area contributed by atoms with Gasteiger partial charge >= 0.3 is 6.18 Å². The average molecular weight is 388 g/mol. The Morgan fingerprint density at radius 2 is 2.19 bits per heavy atom. The van der Waals surface area contributed by atoms with Crippen LogP contribution in [0.5, 0.6) is 0 Å². The third kappa shape index (κ3) is 9.58. The first-order valence-electron chi connectivity index (χ1n) is 7.37. The van der Waals surface area contributed by atoms with Gasteiger partial charge in [-0.1, -0.05) is 6.07 Å². The second-order valence-electron chi connectivity index (χ2n) is 4.74. The molecule has 0 saturated heterocycles. The van der Waals surface area contributed by atoms with Crippen LogP contribution < -0.4 is 21.7 Å². The molecule has 0 aromatic carbocycles. The Morgan fingerprint density at radius 1 is 1.42 bits per heavy atom. The molecule has 142 valence electrons. The first-order valence-corrected chi connectivity index (χ1v) is 8.52. The zero-order valence-electron chi connectivity index (χ0n) is 14.0. The van der Waals surface area contributed by atoms with E-state index in [2.05, 4.69) is 30.9 Å². The summed E-state index contributed by atoms with van der Waals surface area (Å²) in [6.45, 7) is -0.751. The molecular formula is C14H19F3N8S. The Bertz CT molecular complexity index is 669. The molecule has 0 unspecified atom stereocenters. The number of hydrogen-bond donors (Lipinski definition) is 4. The lowest BCUT2D eigenvalue weighted by atomic mass is 10.4. The van der Waals surface area contributed by atoms with Gasteiger partial charge in [0.15, 0.2) is 12.2 Å². The summed E-state index contributed by atoms with van der Waals surface area (Å²) >= 11 is 1.59. The standard InChI is InChI=1S/C14H19F3N8S/c1-20-13(23-9-18)21-5-6-26-7-10-3-2-4-11(24-10)25-12(19)22-8-14(15,16)17/h2-4H,5-8H2,1H3,(H2,20,21,23)(H3,19,22,24,25). The van der Waals surface area contributed by atoms with E-state index in [1.807, 2.05) is 0 Å². The number of halogens is 3. The van der Waals surface area contributed by atoms with Crippen molar-refractivity contribution < 1.29 is 13.2 Å². The van der Waals surface area contributed by atoms with E-state index in [1.54, 1.807) is 43.2 Å². The molecule has 0 aliphatic rings. The first-order chi connectivity index (χ1) is 12.3. The second kappa shape index (κ2) is 11.0. The van der Waals surface area contributed by atoms with Crippen molar-refractivity contribution in [3.05, 3.63) is 23.9 Å². The van der Waals surface area contributed by atoms with Gasteiger partial charge in [-0.05, 0) is 12.1 Å². The molecule has 0 fully saturated rings. The SMILES string of the molecule is CN=C(NC#N)NCCSCc1cccc(NC(N)=NCC(F)(F)F)n1. The number of nitrogens with zero attached hydrogens (tertiary/aromatic N) is 4. The number of nitriles is 1. The summed E-state index contributed by atoms with van der Waals surface area (Å²) in [5.41, 5.74) is 6.15. The van der Waals surface area contributed by atoms with E-state index in [9.17, 15) is 13.2 Å². The molecule has 1 rings (SSSR count). The van der Waals surface area contributed by atoms with Gasteiger partial charge in [-0.15, -0.1) is 0 Å². The van der Waals surface area contributed by atoms with Gasteiger partial charge < -0.3 is 16.4 Å². The summed E-state index contributed by atoms with van der Waals surface area (Å²) in [4.78, 5) is 11.3. The molecule has 0 atom stereocenters. The van der Waals surface area contributed by atoms with Gasteiger partial charge in [0, 0.05) is 25.1 Å². The van der Waals surface area contributed by atoms with Crippen molar-refractivity contribution in [2.24, 2.45) is 15.7 Å². The molecule has 1 aromatic rings. The normalized spacial score (nSPS) is 12.4. The molecule has 1 heterocycles. The fourth-order valence-electron chi connectivity index (χ4n) is 1.63. The lowest BCUT2D eigenvalue weighted by Gasteiger charge is -2.09. The van der Waals surface area contributed by atoms with Crippen LogP contribution in [0.4, 0.5) is 19.0 Å². The molecule has 0 saturated carbocycles. The fraction of sp³-hybridized carbons (Fsp3) is 0.429. The number of rotatable bonds is 7. The number of aliphatic imine (C=N–C) groups is 2. The maximum absolute atomic E-state index is 12.1. The quantitative estimate of drug-likeness (QED) is 0.182. The lowest BCUT2D eigenvalue weighted by Crippen LogP contribution is -2.35. The zero-order valence-corrected chi connectivity index (χ0v) is 14.8. The number of pyridine rings is 1. The highest BCUT2D eigenvalue weighted by Crippen LogP contribution is 2.15. The number of aromatic nitrogens is 1. The molecule has 0 aliphatic heterocycles. The van der Waals surface area contributed by atoms with Crippen LogP contribution in [0.2, 0.25) is 0 Å². The van der Waals surface area contributed by atoms with Crippen LogP contribution in [0.3, 0.4) is 0 Å². The molecule has 12 heteroatoms. The van der Waals surface area contributed by atoms with E-state index in [-0.39, 0.29) is 5.96 Å². The number of hydrogen-bond acceptors (Lipinski definition) is 5. The number of alkyl halides is 3. The van der Waals surface area contributed by atoms with Crippen molar-refractivity contribution >= 4 is 29.5 Å². The maximum Gasteiger partial charge on any atom is 0.408 e. The number of nitrogens with one attached hydrogen (secondary N) is 3. The predicted octanol–water partition coefficient (Wildman–Crippen LogP) is 1.25. The Balaban J connectivity index is 2.41. The smallest absolute Gasteiger partial charge is 0.370 e. The van der Waals surface area contributed by atoms with E-state index in [4.69, 9.17) is 11.0 Å². The van der Waals surface area contributed by atoms with Gasteiger partial charge in [0.1, 0.15) is 12.4 Å². The predicted molar refractivity (Wildman–Crippen MR) is 96.7 cm³/mol. The minimum atomic E-state index is -4.41. The van der Waals surface area contributed by atoms with Gasteiger partial charge in [-0.3, -0.25) is 10.3 Å². The van der Waals surface area contributed by atoms with Crippen LogP contribution in [0, 0.1) is 11.5 Å². The molecule has 8 nitrogen and oxygen atoms in total. The van der Waals surface area contributed by atoms with Crippen molar-refractivity contribution in [2.75, 3.05) is 31.2 Å². The van der Waals surface area contributed by atoms with Crippen LogP contribution in [0.25, 0.3) is 0 Å². The molecule has 0 bridgehead atoms. The molecular weight excluding hydrogens is 369 g/mol. The minimum absolute atomic E-state index is 0.322. The Labute approximate surface area is 153 Å². The van der Waals surface area contributed by atoms with Crippen LogP contribution in [-0.2, 0) is 5.75 Å². The van der Waals surface area contributed by atoms with Crippen LogP contribution >= 0.6 is 11.8 Å². The molecule has 26 heavy (non-hydrogen) atoms. The fourth-order valence-corrected chi connectivity index (χ4v) is 2.39. The van der Waals surface area contributed by atoms with E-state index >= 15 is 0 Å². The Morgan fingerprint density at radius 3 is 2.85 bits per heavy atom. The zero-order chi connectivity index (χ0) is 19.4. The molecule has 1 aromatic heterocycles. The third-order valence-electron chi connectivity index (χ3n) is 2.68. The monoisotopic (exact) mass is 388 g/mol. The molecule has 0 spiro atoms. The summed E-state index contributed by atoms with van der Waals surface area (Å²) < 4.78 is 36.3. The number of anilines is 1. The van der Waals surface area contributed by atoms with Crippen molar-refractivity contribution in [2.45, 2.75) is 11.9 Å². The van der Waals surface area contributed by atoms with Crippen LogP contribution in [-0.4, -0.2) is 49.0 Å². The van der Waals surface area contributed by atoms with Gasteiger partial charge in [-0.25, -0.2) is 9.98 Å². The lowest BCUT2D eigenvalue weighted by molar-refractivity contribution is -0.118. The van der Waals surface area contributed by atoms with Gasteiger partial charge in [0.25, 0.3) is 0 Å². The van der Waals surface area contributed by atoms with Crippen molar-refractivity contribution in [3.8, 4) is 6.19 Å². The van der Waals surface area contributed by atoms with Crippen LogP contribution in [0.1, 0.15) is 5.69 Å². The third-order valence-corrected chi connectivity index (χ3v) is 3.67. The molecule has 0 amide bonds. The molecule has 0 radical (unpaired) electrons. The van der Waals surface area contributed by atoms with Gasteiger partial charge in [0.2, 0.25) is 5.96 Å². The van der Waals surface area contributed by atoms with Crippen LogP contribution in [0.15, 0.2) is 28.2 Å². The van der Waals surface area contributed by atoms with E-state index in [0.29, 0.717) is 24.1 Å². The van der Waals surface area contributed by atoms with E-state index < -0.39 is 12.7 Å². The number of guanidine groups is 2. The first kappa shape index (κ1) is 21.4. The Hall–Kier alpha value is -2.68. The average Bonchev–Trinajstić information content (AvgIpc) is 2.58. The highest BCUT2D eigenvalue weighted by molar-refractivity contribution is 7.98. The second-order valence-corrected chi connectivity index (χ2v) is 5.85. The summed E-state index contributed by atoms with van der Waals surface area (Å²) in [5.74, 6) is 1.70. The van der Waals surface area contributed by atoms with Crippen molar-refractivity contribution in [1.82, 2.24) is 15.6 Å². The maximum atomic E-state index is 12.1. The van der Waals surface area contributed by atoms with Crippen molar-refractivity contribution in [3.63, 3.8) is 0 Å².